The summed E-state index contributed by atoms with van der Waals surface area (Å²) in [5.74, 6) is -0.426. The van der Waals surface area contributed by atoms with Crippen LogP contribution in [0.5, 0.6) is 0 Å². The van der Waals surface area contributed by atoms with Crippen molar-refractivity contribution < 1.29 is 14.4 Å². The molecule has 0 aromatic heterocycles. The lowest BCUT2D eigenvalue weighted by molar-refractivity contribution is -0.114. The van der Waals surface area contributed by atoms with E-state index in [1.54, 1.807) is 60.7 Å². The highest BCUT2D eigenvalue weighted by Crippen LogP contribution is 2.25. The van der Waals surface area contributed by atoms with Crippen molar-refractivity contribution in [3.63, 3.8) is 0 Å². The van der Waals surface area contributed by atoms with Crippen LogP contribution in [-0.4, -0.2) is 23.5 Å². The highest BCUT2D eigenvalue weighted by atomic mass is 35.5. The van der Waals surface area contributed by atoms with E-state index < -0.39 is 11.8 Å². The molecule has 3 amide bonds. The first kappa shape index (κ1) is 30.9. The van der Waals surface area contributed by atoms with Gasteiger partial charge in [0.2, 0.25) is 5.91 Å². The quantitative estimate of drug-likeness (QED) is 0.123. The van der Waals surface area contributed by atoms with Gasteiger partial charge in [-0.25, -0.2) is 0 Å². The predicted octanol–water partition coefficient (Wildman–Crippen LogP) is 8.26. The Bertz CT molecular complexity index is 1590. The largest absolute Gasteiger partial charge is 0.325 e. The number of hydrogen-bond donors (Lipinski definition) is 3. The normalized spacial score (nSPS) is 11.2. The van der Waals surface area contributed by atoms with Gasteiger partial charge in [-0.3, -0.25) is 14.4 Å². The van der Waals surface area contributed by atoms with Crippen LogP contribution in [0.3, 0.4) is 0 Å². The van der Waals surface area contributed by atoms with E-state index in [1.165, 1.54) is 23.4 Å². The fourth-order valence-corrected chi connectivity index (χ4v) is 5.01. The number of thioether (sulfide) groups is 1. The van der Waals surface area contributed by atoms with Crippen LogP contribution in [0.4, 0.5) is 11.4 Å². The number of carbonyl (C=O) groups is 3. The molecule has 4 aromatic rings. The number of rotatable bonds is 10. The molecule has 3 N–H and O–H groups in total. The molecule has 0 bridgehead atoms. The summed E-state index contributed by atoms with van der Waals surface area (Å²) in [4.78, 5) is 39.4. The molecule has 0 radical (unpaired) electrons. The number of benzene rings is 4. The summed E-state index contributed by atoms with van der Waals surface area (Å²) in [5.41, 5.74) is 3.40. The van der Waals surface area contributed by atoms with Crippen LogP contribution in [0.25, 0.3) is 6.08 Å². The number of nitrogens with one attached hydrogen (secondary N) is 3. The summed E-state index contributed by atoms with van der Waals surface area (Å²) in [5, 5.41) is 9.19. The lowest BCUT2D eigenvalue weighted by Crippen LogP contribution is -2.30. The number of halogens is 2. The molecule has 0 aliphatic heterocycles. The molecule has 0 spiro atoms. The van der Waals surface area contributed by atoms with Crippen molar-refractivity contribution in [3.8, 4) is 0 Å². The zero-order chi connectivity index (χ0) is 30.1. The van der Waals surface area contributed by atoms with Crippen LogP contribution in [0.15, 0.2) is 108 Å². The molecule has 0 fully saturated rings. The van der Waals surface area contributed by atoms with Gasteiger partial charge in [-0.15, -0.1) is 11.8 Å². The molecule has 6 nitrogen and oxygen atoms in total. The van der Waals surface area contributed by atoms with E-state index in [-0.39, 0.29) is 17.4 Å². The maximum absolute atomic E-state index is 13.3. The lowest BCUT2D eigenvalue weighted by atomic mass is 10.0. The monoisotopic (exact) mass is 617 g/mol. The maximum Gasteiger partial charge on any atom is 0.272 e. The summed E-state index contributed by atoms with van der Waals surface area (Å²) in [7, 11) is 0. The smallest absolute Gasteiger partial charge is 0.272 e. The zero-order valence-corrected chi connectivity index (χ0v) is 25.3. The van der Waals surface area contributed by atoms with Crippen molar-refractivity contribution in [1.29, 1.82) is 0 Å². The van der Waals surface area contributed by atoms with E-state index in [1.807, 2.05) is 36.4 Å². The average molecular weight is 619 g/mol. The second-order valence-corrected chi connectivity index (χ2v) is 11.5. The van der Waals surface area contributed by atoms with Crippen LogP contribution in [0.2, 0.25) is 10.0 Å². The minimum absolute atomic E-state index is 0.00428. The molecular formula is C33H29Cl2N3O3S. The third-order valence-electron chi connectivity index (χ3n) is 6.13. The first-order valence-corrected chi connectivity index (χ1v) is 14.9. The Labute approximate surface area is 259 Å². The van der Waals surface area contributed by atoms with Crippen molar-refractivity contribution in [1.82, 2.24) is 5.32 Å². The minimum atomic E-state index is -0.534. The Morgan fingerprint density at radius 2 is 1.45 bits per heavy atom. The fraction of sp³-hybridized carbons (Fsp3) is 0.121. The highest BCUT2D eigenvalue weighted by molar-refractivity contribution is 8.00. The number of anilines is 2. The van der Waals surface area contributed by atoms with Gasteiger partial charge in [0, 0.05) is 31.9 Å². The van der Waals surface area contributed by atoms with Gasteiger partial charge in [-0.1, -0.05) is 73.4 Å². The molecule has 42 heavy (non-hydrogen) atoms. The highest BCUT2D eigenvalue weighted by Gasteiger charge is 2.16. The SMILES string of the molecule is CC(C)c1ccc(NC(=O)CSc2ccc(NC(=O)/C(=C/c3ccc(Cl)cc3Cl)NC(=O)c3ccccc3)cc2)cc1. The Kier molecular flexibility index (Phi) is 10.8. The molecule has 214 valence electrons. The summed E-state index contributed by atoms with van der Waals surface area (Å²) in [6.45, 7) is 4.25. The van der Waals surface area contributed by atoms with Gasteiger partial charge in [-0.2, -0.15) is 0 Å². The van der Waals surface area contributed by atoms with E-state index in [2.05, 4.69) is 29.8 Å². The number of amides is 3. The molecule has 0 saturated heterocycles. The molecular weight excluding hydrogens is 589 g/mol. The van der Waals surface area contributed by atoms with Gasteiger partial charge in [-0.05, 0) is 83.8 Å². The Morgan fingerprint density at radius 3 is 2.10 bits per heavy atom. The van der Waals surface area contributed by atoms with Gasteiger partial charge in [0.1, 0.15) is 5.70 Å². The molecule has 4 aromatic carbocycles. The average Bonchev–Trinajstić information content (AvgIpc) is 2.98. The summed E-state index contributed by atoms with van der Waals surface area (Å²) in [6.07, 6.45) is 1.49. The molecule has 4 rings (SSSR count). The molecule has 9 heteroatoms. The van der Waals surface area contributed by atoms with E-state index in [9.17, 15) is 14.4 Å². The second kappa shape index (κ2) is 14.7. The van der Waals surface area contributed by atoms with Gasteiger partial charge >= 0.3 is 0 Å². The lowest BCUT2D eigenvalue weighted by Gasteiger charge is -2.12. The fourth-order valence-electron chi connectivity index (χ4n) is 3.85. The van der Waals surface area contributed by atoms with Crippen molar-refractivity contribution in [2.75, 3.05) is 16.4 Å². The Morgan fingerprint density at radius 1 is 0.810 bits per heavy atom. The van der Waals surface area contributed by atoms with Crippen LogP contribution >= 0.6 is 35.0 Å². The third-order valence-corrected chi connectivity index (χ3v) is 7.71. The van der Waals surface area contributed by atoms with E-state index >= 15 is 0 Å². The second-order valence-electron chi connectivity index (χ2n) is 9.64. The molecule has 0 saturated carbocycles. The Balaban J connectivity index is 1.40. The van der Waals surface area contributed by atoms with Gasteiger partial charge in [0.15, 0.2) is 0 Å². The third kappa shape index (κ3) is 8.98. The first-order chi connectivity index (χ1) is 20.2. The van der Waals surface area contributed by atoms with Crippen molar-refractivity contribution in [2.24, 2.45) is 0 Å². The van der Waals surface area contributed by atoms with E-state index in [0.717, 1.165) is 10.6 Å². The van der Waals surface area contributed by atoms with E-state index in [0.29, 0.717) is 32.8 Å². The van der Waals surface area contributed by atoms with Gasteiger partial charge < -0.3 is 16.0 Å². The standard InChI is InChI=1S/C33H29Cl2N3O3S/c1-21(2)22-9-12-26(13-10-22)36-31(39)20-42-28-16-14-27(15-17-28)37-33(41)30(18-24-8-11-25(34)19-29(24)35)38-32(40)23-6-4-3-5-7-23/h3-19,21H,20H2,1-2H3,(H,36,39)(H,37,41)(H,38,40)/b30-18-. The van der Waals surface area contributed by atoms with Crippen molar-refractivity contribution in [3.05, 3.63) is 129 Å². The van der Waals surface area contributed by atoms with Gasteiger partial charge in [0.25, 0.3) is 11.8 Å². The summed E-state index contributed by atoms with van der Waals surface area (Å²) < 4.78 is 0. The van der Waals surface area contributed by atoms with Crippen LogP contribution in [-0.2, 0) is 9.59 Å². The number of hydrogen-bond acceptors (Lipinski definition) is 4. The zero-order valence-electron chi connectivity index (χ0n) is 23.0. The summed E-state index contributed by atoms with van der Waals surface area (Å²) in [6, 6.07) is 28.4. The first-order valence-electron chi connectivity index (χ1n) is 13.1. The Hall–Kier alpha value is -4.04. The predicted molar refractivity (Wildman–Crippen MR) is 173 cm³/mol. The molecule has 0 unspecified atom stereocenters. The minimum Gasteiger partial charge on any atom is -0.325 e. The molecule has 0 aliphatic rings. The van der Waals surface area contributed by atoms with E-state index in [4.69, 9.17) is 23.2 Å². The van der Waals surface area contributed by atoms with Crippen molar-refractivity contribution >= 4 is 70.1 Å². The van der Waals surface area contributed by atoms with Crippen LogP contribution < -0.4 is 16.0 Å². The number of carbonyl (C=O) groups excluding carboxylic acids is 3. The van der Waals surface area contributed by atoms with Crippen LogP contribution in [0.1, 0.15) is 41.3 Å². The topological polar surface area (TPSA) is 87.3 Å². The van der Waals surface area contributed by atoms with Crippen LogP contribution in [0, 0.1) is 0 Å². The maximum atomic E-state index is 13.3. The molecule has 0 aliphatic carbocycles. The van der Waals surface area contributed by atoms with Gasteiger partial charge in [0.05, 0.1) is 5.75 Å². The summed E-state index contributed by atoms with van der Waals surface area (Å²) >= 11 is 13.7. The molecule has 0 heterocycles. The van der Waals surface area contributed by atoms with Crippen molar-refractivity contribution in [2.45, 2.75) is 24.7 Å². The molecule has 0 atom stereocenters.